The van der Waals surface area contributed by atoms with Gasteiger partial charge in [0.1, 0.15) is 11.5 Å². The van der Waals surface area contributed by atoms with Crippen molar-refractivity contribution in [1.29, 1.82) is 0 Å². The van der Waals surface area contributed by atoms with Crippen LogP contribution in [0.25, 0.3) is 6.08 Å². The second-order valence-corrected chi connectivity index (χ2v) is 5.78. The van der Waals surface area contributed by atoms with E-state index in [0.717, 1.165) is 43.6 Å². The van der Waals surface area contributed by atoms with Crippen LogP contribution in [0, 0.1) is 0 Å². The molecule has 0 aliphatic carbocycles. The van der Waals surface area contributed by atoms with Gasteiger partial charge in [0, 0.05) is 13.0 Å². The lowest BCUT2D eigenvalue weighted by molar-refractivity contribution is -0.122. The molecular weight excluding hydrogens is 308 g/mol. The maximum Gasteiger partial charge on any atom is 0.277 e. The number of benzene rings is 1. The summed E-state index contributed by atoms with van der Waals surface area (Å²) in [5.41, 5.74) is 1.25. The lowest BCUT2D eigenvalue weighted by Gasteiger charge is -2.14. The van der Waals surface area contributed by atoms with Crippen molar-refractivity contribution in [2.24, 2.45) is 4.99 Å². The van der Waals surface area contributed by atoms with Crippen molar-refractivity contribution in [2.75, 3.05) is 27.9 Å². The van der Waals surface area contributed by atoms with Gasteiger partial charge in [-0.25, -0.2) is 4.99 Å². The number of amides is 1. The SMILES string of the molecule is COc1cc(C=C2N=C3CCCCCN3C2=O)cc(OC)c1OC. The lowest BCUT2D eigenvalue weighted by atomic mass is 10.1. The zero-order valence-electron chi connectivity index (χ0n) is 14.3. The number of carbonyl (C=O) groups is 1. The normalized spacial score (nSPS) is 19.0. The molecule has 1 saturated heterocycles. The van der Waals surface area contributed by atoms with Crippen LogP contribution in [-0.4, -0.2) is 44.5 Å². The molecule has 3 rings (SSSR count). The Morgan fingerprint density at radius 1 is 1.04 bits per heavy atom. The number of methoxy groups -OCH3 is 3. The first-order valence-electron chi connectivity index (χ1n) is 8.09. The minimum atomic E-state index is -0.0272. The maximum absolute atomic E-state index is 12.6. The maximum atomic E-state index is 12.6. The molecule has 0 bridgehead atoms. The number of fused-ring (bicyclic) bond motifs is 1. The zero-order valence-corrected chi connectivity index (χ0v) is 14.3. The molecule has 2 heterocycles. The molecule has 6 nitrogen and oxygen atoms in total. The molecule has 2 aliphatic heterocycles. The van der Waals surface area contributed by atoms with Crippen LogP contribution in [0.3, 0.4) is 0 Å². The van der Waals surface area contributed by atoms with E-state index in [1.165, 1.54) is 0 Å². The van der Waals surface area contributed by atoms with Gasteiger partial charge in [0.25, 0.3) is 5.91 Å². The van der Waals surface area contributed by atoms with Crippen LogP contribution in [0.1, 0.15) is 31.2 Å². The summed E-state index contributed by atoms with van der Waals surface area (Å²) < 4.78 is 16.0. The summed E-state index contributed by atoms with van der Waals surface area (Å²) >= 11 is 0. The Kier molecular flexibility index (Phi) is 4.74. The van der Waals surface area contributed by atoms with Gasteiger partial charge in [-0.05, 0) is 36.6 Å². The van der Waals surface area contributed by atoms with E-state index in [2.05, 4.69) is 4.99 Å². The molecule has 0 spiro atoms. The van der Waals surface area contributed by atoms with Crippen LogP contribution in [0.4, 0.5) is 0 Å². The third kappa shape index (κ3) is 2.96. The highest BCUT2D eigenvalue weighted by atomic mass is 16.5. The van der Waals surface area contributed by atoms with Crippen molar-refractivity contribution in [3.05, 3.63) is 23.4 Å². The van der Waals surface area contributed by atoms with Crippen LogP contribution >= 0.6 is 0 Å². The standard InChI is InChI=1S/C18H22N2O4/c1-22-14-10-12(11-15(23-2)17(14)24-3)9-13-18(21)20-8-6-4-5-7-16(20)19-13/h9-11H,4-8H2,1-3H3. The average molecular weight is 330 g/mol. The number of hydrogen-bond donors (Lipinski definition) is 0. The number of rotatable bonds is 4. The topological polar surface area (TPSA) is 60.4 Å². The van der Waals surface area contributed by atoms with E-state index < -0.39 is 0 Å². The Balaban J connectivity index is 1.98. The van der Waals surface area contributed by atoms with Gasteiger partial charge >= 0.3 is 0 Å². The highest BCUT2D eigenvalue weighted by Crippen LogP contribution is 2.39. The number of aliphatic imine (C=N–C) groups is 1. The Hall–Kier alpha value is -2.50. The summed E-state index contributed by atoms with van der Waals surface area (Å²) in [5.74, 6) is 2.49. The first-order chi connectivity index (χ1) is 11.7. The molecule has 6 heteroatoms. The summed E-state index contributed by atoms with van der Waals surface area (Å²) in [6.07, 6.45) is 5.89. The minimum absolute atomic E-state index is 0.0272. The minimum Gasteiger partial charge on any atom is -0.493 e. The summed E-state index contributed by atoms with van der Waals surface area (Å²) in [6, 6.07) is 3.62. The van der Waals surface area contributed by atoms with E-state index in [-0.39, 0.29) is 5.91 Å². The fourth-order valence-corrected chi connectivity index (χ4v) is 3.09. The molecule has 0 unspecified atom stereocenters. The van der Waals surface area contributed by atoms with Crippen LogP contribution in [0.5, 0.6) is 17.2 Å². The largest absolute Gasteiger partial charge is 0.493 e. The second kappa shape index (κ2) is 6.95. The highest BCUT2D eigenvalue weighted by molar-refractivity contribution is 6.14. The first kappa shape index (κ1) is 16.4. The van der Waals surface area contributed by atoms with E-state index in [1.807, 2.05) is 12.1 Å². The van der Waals surface area contributed by atoms with Crippen LogP contribution in [0.15, 0.2) is 22.8 Å². The fourth-order valence-electron chi connectivity index (χ4n) is 3.09. The van der Waals surface area contributed by atoms with Crippen molar-refractivity contribution in [2.45, 2.75) is 25.7 Å². The summed E-state index contributed by atoms with van der Waals surface area (Å²) in [7, 11) is 4.70. The van der Waals surface area contributed by atoms with Gasteiger partial charge < -0.3 is 14.2 Å². The molecule has 24 heavy (non-hydrogen) atoms. The highest BCUT2D eigenvalue weighted by Gasteiger charge is 2.30. The third-order valence-electron chi connectivity index (χ3n) is 4.30. The van der Waals surface area contributed by atoms with E-state index in [9.17, 15) is 4.79 Å². The molecule has 0 N–H and O–H groups in total. The van der Waals surface area contributed by atoms with Crippen molar-refractivity contribution >= 4 is 17.8 Å². The van der Waals surface area contributed by atoms with E-state index >= 15 is 0 Å². The molecule has 1 aromatic rings. The summed E-state index contributed by atoms with van der Waals surface area (Å²) in [5, 5.41) is 0. The molecule has 0 aromatic heterocycles. The van der Waals surface area contributed by atoms with Crippen molar-refractivity contribution in [3.63, 3.8) is 0 Å². The summed E-state index contributed by atoms with van der Waals surface area (Å²) in [6.45, 7) is 0.754. The van der Waals surface area contributed by atoms with Gasteiger partial charge in [-0.15, -0.1) is 0 Å². The second-order valence-electron chi connectivity index (χ2n) is 5.78. The molecular formula is C18H22N2O4. The molecule has 128 valence electrons. The lowest BCUT2D eigenvalue weighted by Crippen LogP contribution is -2.31. The quantitative estimate of drug-likeness (QED) is 0.797. The number of ether oxygens (including phenoxy) is 3. The van der Waals surface area contributed by atoms with Gasteiger partial charge in [0.2, 0.25) is 5.75 Å². The smallest absolute Gasteiger partial charge is 0.277 e. The Labute approximate surface area is 141 Å². The van der Waals surface area contributed by atoms with Crippen molar-refractivity contribution < 1.29 is 19.0 Å². The van der Waals surface area contributed by atoms with Crippen LogP contribution in [-0.2, 0) is 4.79 Å². The monoisotopic (exact) mass is 330 g/mol. The van der Waals surface area contributed by atoms with Crippen LogP contribution < -0.4 is 14.2 Å². The number of carbonyl (C=O) groups excluding carboxylic acids is 1. The molecule has 0 atom stereocenters. The molecule has 0 radical (unpaired) electrons. The molecule has 1 amide bonds. The molecule has 2 aliphatic rings. The summed E-state index contributed by atoms with van der Waals surface area (Å²) in [4.78, 5) is 18.9. The van der Waals surface area contributed by atoms with E-state index in [0.29, 0.717) is 22.9 Å². The molecule has 1 aromatic carbocycles. The van der Waals surface area contributed by atoms with Gasteiger partial charge in [0.05, 0.1) is 21.3 Å². The van der Waals surface area contributed by atoms with Crippen molar-refractivity contribution in [1.82, 2.24) is 4.90 Å². The predicted octanol–water partition coefficient (Wildman–Crippen LogP) is 2.87. The van der Waals surface area contributed by atoms with Gasteiger partial charge in [-0.2, -0.15) is 0 Å². The van der Waals surface area contributed by atoms with E-state index in [1.54, 1.807) is 32.3 Å². The Morgan fingerprint density at radius 2 is 1.75 bits per heavy atom. The van der Waals surface area contributed by atoms with Crippen molar-refractivity contribution in [3.8, 4) is 17.2 Å². The van der Waals surface area contributed by atoms with Crippen LogP contribution in [0.2, 0.25) is 0 Å². The van der Waals surface area contributed by atoms with Gasteiger partial charge in [-0.3, -0.25) is 9.69 Å². The number of amidine groups is 1. The predicted molar refractivity (Wildman–Crippen MR) is 91.7 cm³/mol. The molecule has 1 fully saturated rings. The van der Waals surface area contributed by atoms with E-state index in [4.69, 9.17) is 14.2 Å². The van der Waals surface area contributed by atoms with Gasteiger partial charge in [-0.1, -0.05) is 6.42 Å². The number of hydrogen-bond acceptors (Lipinski definition) is 5. The third-order valence-corrected chi connectivity index (χ3v) is 4.30. The fraction of sp³-hybridized carbons (Fsp3) is 0.444. The van der Waals surface area contributed by atoms with Gasteiger partial charge in [0.15, 0.2) is 11.5 Å². The molecule has 0 saturated carbocycles. The number of nitrogens with zero attached hydrogens (tertiary/aromatic N) is 2. The average Bonchev–Trinajstić information content (AvgIpc) is 2.78. The zero-order chi connectivity index (χ0) is 17.1. The Bertz CT molecular complexity index is 684. The Morgan fingerprint density at radius 3 is 2.38 bits per heavy atom. The first-order valence-corrected chi connectivity index (χ1v) is 8.09.